The van der Waals surface area contributed by atoms with E-state index in [0.29, 0.717) is 24.7 Å². The summed E-state index contributed by atoms with van der Waals surface area (Å²) in [6.45, 7) is 3.16. The summed E-state index contributed by atoms with van der Waals surface area (Å²) >= 11 is 0. The summed E-state index contributed by atoms with van der Waals surface area (Å²) in [7, 11) is 1.79. The van der Waals surface area contributed by atoms with Gasteiger partial charge in [-0.2, -0.15) is 0 Å². The van der Waals surface area contributed by atoms with Crippen LogP contribution in [0.5, 0.6) is 0 Å². The topological polar surface area (TPSA) is 65.0 Å². The molecule has 1 saturated heterocycles. The largest absolute Gasteiger partial charge is 0.324 e. The minimum absolute atomic E-state index is 0.0699. The fraction of sp³-hybridized carbons (Fsp3) is 0.526. The van der Waals surface area contributed by atoms with Crippen LogP contribution >= 0.6 is 0 Å². The number of carbonyl (C=O) groups excluding carboxylic acids is 2. The maximum Gasteiger partial charge on any atom is 0.321 e. The number of halogens is 1. The van der Waals surface area contributed by atoms with E-state index in [1.807, 2.05) is 6.92 Å². The lowest BCUT2D eigenvalue weighted by Crippen LogP contribution is -2.46. The zero-order valence-corrected chi connectivity index (χ0v) is 15.0. The Morgan fingerprint density at radius 3 is 2.73 bits per heavy atom. The van der Waals surface area contributed by atoms with Crippen molar-refractivity contribution in [1.82, 2.24) is 9.80 Å². The summed E-state index contributed by atoms with van der Waals surface area (Å²) in [6.07, 6.45) is 2.41. The average Bonchev–Trinajstić information content (AvgIpc) is 3.27. The first-order chi connectivity index (χ1) is 12.4. The molecule has 2 aliphatic heterocycles. The van der Waals surface area contributed by atoms with E-state index in [0.717, 1.165) is 25.1 Å². The maximum absolute atomic E-state index is 13.0. The second-order valence-corrected chi connectivity index (χ2v) is 7.42. The van der Waals surface area contributed by atoms with E-state index in [9.17, 15) is 14.0 Å². The molecule has 3 aliphatic rings. The van der Waals surface area contributed by atoms with Crippen LogP contribution < -0.4 is 5.32 Å². The maximum atomic E-state index is 13.0. The monoisotopic (exact) mass is 358 g/mol. The van der Waals surface area contributed by atoms with Gasteiger partial charge in [0.15, 0.2) is 0 Å². The second kappa shape index (κ2) is 6.07. The third-order valence-corrected chi connectivity index (χ3v) is 6.04. The van der Waals surface area contributed by atoms with Crippen LogP contribution in [0.1, 0.15) is 26.2 Å². The number of aliphatic imine (C=N–C) groups is 1. The highest BCUT2D eigenvalue weighted by molar-refractivity contribution is 6.08. The first-order valence-corrected chi connectivity index (χ1v) is 9.13. The van der Waals surface area contributed by atoms with E-state index in [4.69, 9.17) is 4.99 Å². The molecule has 1 aliphatic carbocycles. The van der Waals surface area contributed by atoms with Crippen molar-refractivity contribution in [3.8, 4) is 0 Å². The molecule has 3 amide bonds. The fourth-order valence-corrected chi connectivity index (χ4v) is 4.68. The van der Waals surface area contributed by atoms with Gasteiger partial charge in [0.2, 0.25) is 0 Å². The Morgan fingerprint density at radius 2 is 2.08 bits per heavy atom. The molecule has 6 nitrogen and oxygen atoms in total. The number of nitrogens with one attached hydrogen (secondary N) is 1. The quantitative estimate of drug-likeness (QED) is 0.883. The van der Waals surface area contributed by atoms with E-state index in [-0.39, 0.29) is 23.7 Å². The van der Waals surface area contributed by atoms with Gasteiger partial charge in [-0.05, 0) is 43.0 Å². The standard InChI is InChI=1S/C19H23FN4O2/c1-3-16-22-19(17(25)23(16)2)9-8-12-10-24(11-15(12)19)18(26)21-14-6-4-13(20)5-7-14/h4-7,12,15H,3,8-11H2,1-2H3,(H,21,26)/t12-,15+,19-/m1/s1. The highest BCUT2D eigenvalue weighted by atomic mass is 19.1. The van der Waals surface area contributed by atoms with Crippen molar-refractivity contribution in [2.75, 3.05) is 25.5 Å². The van der Waals surface area contributed by atoms with E-state index in [1.165, 1.54) is 12.1 Å². The van der Waals surface area contributed by atoms with Crippen molar-refractivity contribution in [3.05, 3.63) is 30.1 Å². The number of fused-ring (bicyclic) bond motifs is 2. The Balaban J connectivity index is 1.49. The highest BCUT2D eigenvalue weighted by Gasteiger charge is 2.60. The van der Waals surface area contributed by atoms with Crippen LogP contribution in [0.2, 0.25) is 0 Å². The molecule has 138 valence electrons. The van der Waals surface area contributed by atoms with E-state index in [2.05, 4.69) is 5.32 Å². The summed E-state index contributed by atoms with van der Waals surface area (Å²) in [6, 6.07) is 5.51. The second-order valence-electron chi connectivity index (χ2n) is 7.42. The van der Waals surface area contributed by atoms with Crippen LogP contribution in [0.15, 0.2) is 29.3 Å². The van der Waals surface area contributed by atoms with Gasteiger partial charge in [0.25, 0.3) is 5.91 Å². The third kappa shape index (κ3) is 2.48. The number of hydrogen-bond acceptors (Lipinski definition) is 3. The van der Waals surface area contributed by atoms with Crippen molar-refractivity contribution >= 4 is 23.5 Å². The van der Waals surface area contributed by atoms with Crippen LogP contribution in [-0.2, 0) is 4.79 Å². The molecule has 2 fully saturated rings. The number of amidine groups is 1. The number of anilines is 1. The Hall–Kier alpha value is -2.44. The molecule has 0 aromatic heterocycles. The molecule has 4 rings (SSSR count). The Bertz CT molecular complexity index is 778. The highest BCUT2D eigenvalue weighted by Crippen LogP contribution is 2.50. The van der Waals surface area contributed by atoms with E-state index < -0.39 is 5.54 Å². The molecular weight excluding hydrogens is 335 g/mol. The molecule has 2 heterocycles. The molecule has 3 atom stereocenters. The first kappa shape index (κ1) is 17.0. The van der Waals surface area contributed by atoms with Gasteiger partial charge in [-0.1, -0.05) is 6.92 Å². The molecule has 7 heteroatoms. The molecule has 1 N–H and O–H groups in total. The molecule has 0 bridgehead atoms. The van der Waals surface area contributed by atoms with Gasteiger partial charge in [-0.15, -0.1) is 0 Å². The van der Waals surface area contributed by atoms with Crippen molar-refractivity contribution < 1.29 is 14.0 Å². The minimum atomic E-state index is -0.685. The van der Waals surface area contributed by atoms with E-state index in [1.54, 1.807) is 29.0 Å². The Kier molecular flexibility index (Phi) is 3.97. The minimum Gasteiger partial charge on any atom is -0.324 e. The van der Waals surface area contributed by atoms with Gasteiger partial charge in [0.1, 0.15) is 17.2 Å². The number of hydrogen-bond donors (Lipinski definition) is 1. The lowest BCUT2D eigenvalue weighted by molar-refractivity contribution is -0.131. The zero-order chi connectivity index (χ0) is 18.5. The lowest BCUT2D eigenvalue weighted by Gasteiger charge is -2.27. The number of likely N-dealkylation sites (tertiary alicyclic amines) is 1. The van der Waals surface area contributed by atoms with E-state index >= 15 is 0 Å². The summed E-state index contributed by atoms with van der Waals surface area (Å²) < 4.78 is 13.0. The Morgan fingerprint density at radius 1 is 1.35 bits per heavy atom. The predicted molar refractivity (Wildman–Crippen MR) is 96.4 cm³/mol. The number of urea groups is 1. The van der Waals surface area contributed by atoms with Crippen LogP contribution in [0.4, 0.5) is 14.9 Å². The Labute approximate surface area is 152 Å². The lowest BCUT2D eigenvalue weighted by atomic mass is 9.85. The van der Waals surface area contributed by atoms with Crippen molar-refractivity contribution in [3.63, 3.8) is 0 Å². The number of amides is 3. The zero-order valence-electron chi connectivity index (χ0n) is 15.0. The summed E-state index contributed by atoms with van der Waals surface area (Å²) in [5.41, 5.74) is -0.124. The average molecular weight is 358 g/mol. The van der Waals surface area contributed by atoms with Crippen molar-refractivity contribution in [1.29, 1.82) is 0 Å². The SMILES string of the molecule is CCC1=N[C@@]2(CC[C@@H]3CN(C(=O)Nc4ccc(F)cc4)C[C@@H]32)C(=O)N1C. The molecule has 1 spiro atoms. The fourth-order valence-electron chi connectivity index (χ4n) is 4.68. The summed E-state index contributed by atoms with van der Waals surface area (Å²) in [4.78, 5) is 33.8. The summed E-state index contributed by atoms with van der Waals surface area (Å²) in [5.74, 6) is 0.938. The normalized spacial score (nSPS) is 30.1. The molecule has 1 saturated carbocycles. The van der Waals surface area contributed by atoms with Gasteiger partial charge in [0, 0.05) is 38.2 Å². The van der Waals surface area contributed by atoms with Gasteiger partial charge >= 0.3 is 6.03 Å². The first-order valence-electron chi connectivity index (χ1n) is 9.13. The predicted octanol–water partition coefficient (Wildman–Crippen LogP) is 2.72. The summed E-state index contributed by atoms with van der Waals surface area (Å²) in [5, 5.41) is 2.81. The van der Waals surface area contributed by atoms with Crippen molar-refractivity contribution in [2.24, 2.45) is 16.8 Å². The van der Waals surface area contributed by atoms with Gasteiger partial charge in [-0.3, -0.25) is 9.79 Å². The number of rotatable bonds is 2. The smallest absolute Gasteiger partial charge is 0.321 e. The number of likely N-dealkylation sites (N-methyl/N-ethyl adjacent to an activating group) is 1. The van der Waals surface area contributed by atoms with Gasteiger partial charge in [0.05, 0.1) is 0 Å². The third-order valence-electron chi connectivity index (χ3n) is 6.04. The van der Waals surface area contributed by atoms with Crippen LogP contribution in [0.25, 0.3) is 0 Å². The molecule has 0 unspecified atom stereocenters. The molecule has 0 radical (unpaired) electrons. The van der Waals surface area contributed by atoms with Gasteiger partial charge < -0.3 is 15.1 Å². The number of carbonyl (C=O) groups is 2. The van der Waals surface area contributed by atoms with Crippen LogP contribution in [0.3, 0.4) is 0 Å². The van der Waals surface area contributed by atoms with Crippen molar-refractivity contribution in [2.45, 2.75) is 31.7 Å². The number of nitrogens with zero attached hydrogens (tertiary/aromatic N) is 3. The molecular formula is C19H23FN4O2. The van der Waals surface area contributed by atoms with Crippen LogP contribution in [-0.4, -0.2) is 53.2 Å². The molecule has 1 aromatic carbocycles. The molecule has 1 aromatic rings. The van der Waals surface area contributed by atoms with Crippen LogP contribution in [0, 0.1) is 17.7 Å². The molecule has 26 heavy (non-hydrogen) atoms. The number of benzene rings is 1. The van der Waals surface area contributed by atoms with Gasteiger partial charge in [-0.25, -0.2) is 9.18 Å².